The molecule has 0 aromatic heterocycles. The fraction of sp³-hybridized carbons (Fsp3) is 0.526. The third-order valence-electron chi connectivity index (χ3n) is 3.97. The number of ketones is 1. The first-order chi connectivity index (χ1) is 12.4. The highest BCUT2D eigenvalue weighted by molar-refractivity contribution is 6.01. The Morgan fingerprint density at radius 2 is 2.12 bits per heavy atom. The third-order valence-corrected chi connectivity index (χ3v) is 3.97. The lowest BCUT2D eigenvalue weighted by Gasteiger charge is -2.29. The molecule has 0 bridgehead atoms. The van der Waals surface area contributed by atoms with Crippen LogP contribution in [0.1, 0.15) is 44.0 Å². The summed E-state index contributed by atoms with van der Waals surface area (Å²) in [6.45, 7) is 6.70. The van der Waals surface area contributed by atoms with Crippen molar-refractivity contribution in [1.29, 1.82) is 0 Å². The van der Waals surface area contributed by atoms with Crippen LogP contribution in [0.5, 0.6) is 5.75 Å². The van der Waals surface area contributed by atoms with Gasteiger partial charge in [-0.2, -0.15) is 0 Å². The molecule has 142 valence electrons. The molecule has 26 heavy (non-hydrogen) atoms. The quantitative estimate of drug-likeness (QED) is 0.536. The maximum absolute atomic E-state index is 12.2. The number of rotatable bonds is 9. The molecule has 0 radical (unpaired) electrons. The lowest BCUT2D eigenvalue weighted by Crippen LogP contribution is -2.41. The van der Waals surface area contributed by atoms with E-state index in [1.165, 1.54) is 11.8 Å². The highest BCUT2D eigenvalue weighted by Gasteiger charge is 2.26. The van der Waals surface area contributed by atoms with E-state index in [4.69, 9.17) is 9.47 Å². The molecule has 0 saturated heterocycles. The van der Waals surface area contributed by atoms with Gasteiger partial charge in [0.05, 0.1) is 11.8 Å². The Balaban J connectivity index is 1.89. The van der Waals surface area contributed by atoms with Gasteiger partial charge in [0.1, 0.15) is 5.75 Å². The van der Waals surface area contributed by atoms with E-state index in [9.17, 15) is 14.4 Å². The van der Waals surface area contributed by atoms with E-state index in [-0.39, 0.29) is 43.3 Å². The van der Waals surface area contributed by atoms with Crippen molar-refractivity contribution in [3.05, 3.63) is 23.8 Å². The van der Waals surface area contributed by atoms with Crippen molar-refractivity contribution in [1.82, 2.24) is 5.32 Å². The van der Waals surface area contributed by atoms with E-state index in [1.54, 1.807) is 18.2 Å². The normalized spacial score (nSPS) is 13.4. The van der Waals surface area contributed by atoms with Gasteiger partial charge >= 0.3 is 0 Å². The molecule has 1 aliphatic heterocycles. The van der Waals surface area contributed by atoms with Gasteiger partial charge in [-0.3, -0.25) is 14.4 Å². The van der Waals surface area contributed by atoms with Gasteiger partial charge in [0.2, 0.25) is 5.91 Å². The van der Waals surface area contributed by atoms with Crippen LogP contribution in [-0.2, 0) is 14.3 Å². The van der Waals surface area contributed by atoms with Gasteiger partial charge in [-0.25, -0.2) is 0 Å². The summed E-state index contributed by atoms with van der Waals surface area (Å²) in [5.41, 5.74) is 1.04. The van der Waals surface area contributed by atoms with Gasteiger partial charge in [-0.1, -0.05) is 0 Å². The minimum atomic E-state index is -0.226. The molecule has 2 rings (SSSR count). The van der Waals surface area contributed by atoms with E-state index in [0.717, 1.165) is 6.42 Å². The number of anilines is 1. The first kappa shape index (κ1) is 19.9. The van der Waals surface area contributed by atoms with Crippen molar-refractivity contribution >= 4 is 23.3 Å². The number of hydrogen-bond acceptors (Lipinski definition) is 5. The molecule has 7 heteroatoms. The predicted molar refractivity (Wildman–Crippen MR) is 97.6 cm³/mol. The highest BCUT2D eigenvalue weighted by atomic mass is 16.5. The van der Waals surface area contributed by atoms with Crippen LogP contribution in [0.2, 0.25) is 0 Å². The van der Waals surface area contributed by atoms with Gasteiger partial charge in [0, 0.05) is 31.7 Å². The molecular formula is C19H26N2O5. The summed E-state index contributed by atoms with van der Waals surface area (Å²) < 4.78 is 10.8. The second kappa shape index (κ2) is 9.33. The SMILES string of the molecule is CC(=O)c1ccc2c(c1)N(CCC(=O)NCCCOC(C)C)C(=O)CO2. The molecule has 2 amide bonds. The summed E-state index contributed by atoms with van der Waals surface area (Å²) in [5, 5.41) is 2.82. The summed E-state index contributed by atoms with van der Waals surface area (Å²) in [6.07, 6.45) is 1.10. The van der Waals surface area contributed by atoms with Gasteiger partial charge in [-0.05, 0) is 45.4 Å². The number of carbonyl (C=O) groups is 3. The van der Waals surface area contributed by atoms with Crippen LogP contribution in [0.4, 0.5) is 5.69 Å². The average molecular weight is 362 g/mol. The van der Waals surface area contributed by atoms with Crippen molar-refractivity contribution in [2.45, 2.75) is 39.7 Å². The number of carbonyl (C=O) groups excluding carboxylic acids is 3. The van der Waals surface area contributed by atoms with Gasteiger partial charge in [0.15, 0.2) is 12.4 Å². The third kappa shape index (κ3) is 5.56. The number of hydrogen-bond donors (Lipinski definition) is 1. The Kier molecular flexibility index (Phi) is 7.15. The van der Waals surface area contributed by atoms with Gasteiger partial charge in [0.25, 0.3) is 5.91 Å². The van der Waals surface area contributed by atoms with Crippen LogP contribution in [0.15, 0.2) is 18.2 Å². The topological polar surface area (TPSA) is 84.9 Å². The largest absolute Gasteiger partial charge is 0.482 e. The first-order valence-electron chi connectivity index (χ1n) is 8.85. The smallest absolute Gasteiger partial charge is 0.265 e. The van der Waals surface area contributed by atoms with E-state index in [1.807, 2.05) is 13.8 Å². The zero-order valence-electron chi connectivity index (χ0n) is 15.5. The average Bonchev–Trinajstić information content (AvgIpc) is 2.59. The molecule has 1 aliphatic rings. The minimum absolute atomic E-state index is 0.0689. The standard InChI is InChI=1S/C19H26N2O5/c1-13(2)25-10-4-8-20-18(23)7-9-21-16-11-15(14(3)22)5-6-17(16)26-12-19(21)24/h5-6,11,13H,4,7-10,12H2,1-3H3,(H,20,23). The second-order valence-electron chi connectivity index (χ2n) is 6.45. The number of amides is 2. The van der Waals surface area contributed by atoms with Crippen LogP contribution >= 0.6 is 0 Å². The van der Waals surface area contributed by atoms with Crippen molar-refractivity contribution < 1.29 is 23.9 Å². The highest BCUT2D eigenvalue weighted by Crippen LogP contribution is 2.33. The number of ether oxygens (including phenoxy) is 2. The number of Topliss-reactive ketones (excluding diaryl/α,β-unsaturated/α-hetero) is 1. The molecule has 0 aliphatic carbocycles. The fourth-order valence-corrected chi connectivity index (χ4v) is 2.59. The number of nitrogens with zero attached hydrogens (tertiary/aromatic N) is 1. The van der Waals surface area contributed by atoms with E-state index >= 15 is 0 Å². The molecule has 0 fully saturated rings. The first-order valence-corrected chi connectivity index (χ1v) is 8.85. The molecule has 1 N–H and O–H groups in total. The van der Waals surface area contributed by atoms with Crippen LogP contribution < -0.4 is 15.0 Å². The van der Waals surface area contributed by atoms with E-state index in [0.29, 0.717) is 30.2 Å². The van der Waals surface area contributed by atoms with E-state index in [2.05, 4.69) is 5.32 Å². The molecule has 1 aromatic rings. The second-order valence-corrected chi connectivity index (χ2v) is 6.45. The van der Waals surface area contributed by atoms with E-state index < -0.39 is 0 Å². The van der Waals surface area contributed by atoms with Gasteiger partial charge < -0.3 is 19.7 Å². The van der Waals surface area contributed by atoms with Crippen molar-refractivity contribution in [2.75, 3.05) is 31.2 Å². The summed E-state index contributed by atoms with van der Waals surface area (Å²) in [6, 6.07) is 4.98. The monoisotopic (exact) mass is 362 g/mol. The summed E-state index contributed by atoms with van der Waals surface area (Å²) in [4.78, 5) is 37.3. The number of benzene rings is 1. The van der Waals surface area contributed by atoms with Crippen LogP contribution in [-0.4, -0.2) is 50.0 Å². The molecular weight excluding hydrogens is 336 g/mol. The van der Waals surface area contributed by atoms with Crippen molar-refractivity contribution in [3.8, 4) is 5.75 Å². The minimum Gasteiger partial charge on any atom is -0.482 e. The number of nitrogens with one attached hydrogen (secondary N) is 1. The van der Waals surface area contributed by atoms with Crippen LogP contribution in [0.3, 0.4) is 0 Å². The molecule has 0 spiro atoms. The molecule has 0 atom stereocenters. The lowest BCUT2D eigenvalue weighted by atomic mass is 10.1. The number of fused-ring (bicyclic) bond motifs is 1. The molecule has 1 aromatic carbocycles. The fourth-order valence-electron chi connectivity index (χ4n) is 2.59. The molecule has 1 heterocycles. The maximum atomic E-state index is 12.2. The van der Waals surface area contributed by atoms with Crippen molar-refractivity contribution in [2.24, 2.45) is 0 Å². The summed E-state index contributed by atoms with van der Waals surface area (Å²) in [5.74, 6) is 0.0995. The zero-order chi connectivity index (χ0) is 19.1. The Morgan fingerprint density at radius 1 is 1.35 bits per heavy atom. The summed E-state index contributed by atoms with van der Waals surface area (Å²) in [7, 11) is 0. The maximum Gasteiger partial charge on any atom is 0.265 e. The molecule has 0 unspecified atom stereocenters. The Labute approximate surface area is 153 Å². The van der Waals surface area contributed by atoms with Gasteiger partial charge in [-0.15, -0.1) is 0 Å². The molecule has 0 saturated carbocycles. The van der Waals surface area contributed by atoms with Crippen LogP contribution in [0, 0.1) is 0 Å². The van der Waals surface area contributed by atoms with Crippen molar-refractivity contribution in [3.63, 3.8) is 0 Å². The lowest BCUT2D eigenvalue weighted by molar-refractivity contribution is -0.122. The Morgan fingerprint density at radius 3 is 2.81 bits per heavy atom. The zero-order valence-corrected chi connectivity index (χ0v) is 15.5. The summed E-state index contributed by atoms with van der Waals surface area (Å²) >= 11 is 0. The molecule has 7 nitrogen and oxygen atoms in total. The van der Waals surface area contributed by atoms with Crippen LogP contribution in [0.25, 0.3) is 0 Å². The Bertz CT molecular complexity index is 672. The predicted octanol–water partition coefficient (Wildman–Crippen LogP) is 1.94. The Hall–Kier alpha value is -2.41.